The second-order valence-electron chi connectivity index (χ2n) is 7.74. The highest BCUT2D eigenvalue weighted by Gasteiger charge is 2.45. The van der Waals surface area contributed by atoms with E-state index in [0.29, 0.717) is 6.04 Å². The van der Waals surface area contributed by atoms with Gasteiger partial charge in [0.05, 0.1) is 6.07 Å². The first kappa shape index (κ1) is 15.2. The van der Waals surface area contributed by atoms with Gasteiger partial charge in [0.2, 0.25) is 0 Å². The number of hydrogen-bond acceptors (Lipinski definition) is 3. The molecule has 1 saturated heterocycles. The highest BCUT2D eigenvalue weighted by atomic mass is 15.3. The van der Waals surface area contributed by atoms with Crippen molar-refractivity contribution in [3.63, 3.8) is 0 Å². The summed E-state index contributed by atoms with van der Waals surface area (Å²) in [6.07, 6.45) is 7.22. The summed E-state index contributed by atoms with van der Waals surface area (Å²) in [7, 11) is 0. The third-order valence-electron chi connectivity index (χ3n) is 6.14. The van der Waals surface area contributed by atoms with E-state index in [4.69, 9.17) is 0 Å². The van der Waals surface area contributed by atoms with Crippen LogP contribution in [0, 0.1) is 17.2 Å². The van der Waals surface area contributed by atoms with Crippen LogP contribution in [0.15, 0.2) is 30.3 Å². The monoisotopic (exact) mass is 309 g/mol. The largest absolute Gasteiger partial charge is 0.313 e. The third kappa shape index (κ3) is 3.03. The Morgan fingerprint density at radius 2 is 1.87 bits per heavy atom. The molecule has 0 spiro atoms. The quantitative estimate of drug-likeness (QED) is 0.907. The Morgan fingerprint density at radius 1 is 1.13 bits per heavy atom. The summed E-state index contributed by atoms with van der Waals surface area (Å²) in [5.74, 6) is 1.45. The molecule has 0 unspecified atom stereocenters. The molecule has 0 amide bonds. The number of rotatable bonds is 5. The van der Waals surface area contributed by atoms with Gasteiger partial charge in [-0.25, -0.2) is 0 Å². The molecule has 1 heterocycles. The van der Waals surface area contributed by atoms with E-state index in [2.05, 4.69) is 46.6 Å². The zero-order chi connectivity index (χ0) is 15.7. The standard InChI is InChI=1S/C20H27N3/c21-15-20(9-5-2-6-10-20)23-13-16(14-23)12-22-19-11-18(19)17-7-3-1-4-8-17/h1,3-4,7-8,16,18-19,22H,2,5-6,9-14H2/t18-,19+/m0/s1. The molecule has 2 aliphatic carbocycles. The van der Waals surface area contributed by atoms with Crippen molar-refractivity contribution in [2.24, 2.45) is 5.92 Å². The van der Waals surface area contributed by atoms with Crippen molar-refractivity contribution >= 4 is 0 Å². The maximum Gasteiger partial charge on any atom is 0.109 e. The lowest BCUT2D eigenvalue weighted by atomic mass is 9.78. The van der Waals surface area contributed by atoms with Gasteiger partial charge in [-0.05, 0) is 30.7 Å². The van der Waals surface area contributed by atoms with Gasteiger partial charge in [-0.15, -0.1) is 0 Å². The molecule has 3 nitrogen and oxygen atoms in total. The Bertz CT molecular complexity index is 564. The summed E-state index contributed by atoms with van der Waals surface area (Å²) in [5, 5.41) is 13.4. The van der Waals surface area contributed by atoms with Crippen LogP contribution in [0.1, 0.15) is 50.0 Å². The van der Waals surface area contributed by atoms with Crippen molar-refractivity contribution in [3.05, 3.63) is 35.9 Å². The highest BCUT2D eigenvalue weighted by Crippen LogP contribution is 2.41. The van der Waals surface area contributed by atoms with Gasteiger partial charge in [0.1, 0.15) is 5.54 Å². The highest BCUT2D eigenvalue weighted by molar-refractivity contribution is 5.27. The lowest BCUT2D eigenvalue weighted by molar-refractivity contribution is -0.00433. The molecule has 3 heteroatoms. The Labute approximate surface area is 139 Å². The van der Waals surface area contributed by atoms with Gasteiger partial charge >= 0.3 is 0 Å². The molecule has 0 aromatic heterocycles. The molecule has 3 fully saturated rings. The van der Waals surface area contributed by atoms with Crippen LogP contribution in [-0.2, 0) is 0 Å². The predicted molar refractivity (Wildman–Crippen MR) is 92.1 cm³/mol. The van der Waals surface area contributed by atoms with Gasteiger partial charge in [-0.2, -0.15) is 5.26 Å². The first-order valence-corrected chi connectivity index (χ1v) is 9.25. The normalized spacial score (nSPS) is 30.4. The van der Waals surface area contributed by atoms with Crippen LogP contribution in [0.2, 0.25) is 0 Å². The fourth-order valence-corrected chi connectivity index (χ4v) is 4.49. The zero-order valence-corrected chi connectivity index (χ0v) is 13.9. The predicted octanol–water partition coefficient (Wildman–Crippen LogP) is 3.29. The van der Waals surface area contributed by atoms with Gasteiger partial charge in [0, 0.05) is 31.6 Å². The van der Waals surface area contributed by atoms with Crippen molar-refractivity contribution in [3.8, 4) is 6.07 Å². The van der Waals surface area contributed by atoms with E-state index in [1.807, 2.05) is 0 Å². The molecule has 2 saturated carbocycles. The molecule has 1 aromatic rings. The summed E-state index contributed by atoms with van der Waals surface area (Å²) in [6.45, 7) is 3.35. The van der Waals surface area contributed by atoms with E-state index in [1.54, 1.807) is 0 Å². The average Bonchev–Trinajstić information content (AvgIpc) is 3.35. The van der Waals surface area contributed by atoms with E-state index >= 15 is 0 Å². The van der Waals surface area contributed by atoms with E-state index in [0.717, 1.165) is 44.3 Å². The molecular formula is C20H27N3. The van der Waals surface area contributed by atoms with Crippen LogP contribution in [0.3, 0.4) is 0 Å². The summed E-state index contributed by atoms with van der Waals surface area (Å²) < 4.78 is 0. The first-order chi connectivity index (χ1) is 11.3. The van der Waals surface area contributed by atoms with Crippen LogP contribution in [0.4, 0.5) is 0 Å². The first-order valence-electron chi connectivity index (χ1n) is 9.25. The molecule has 1 aromatic carbocycles. The Hall–Kier alpha value is -1.37. The summed E-state index contributed by atoms with van der Waals surface area (Å²) in [5.41, 5.74) is 1.35. The molecule has 1 aliphatic heterocycles. The fourth-order valence-electron chi connectivity index (χ4n) is 4.49. The second-order valence-corrected chi connectivity index (χ2v) is 7.74. The maximum atomic E-state index is 9.64. The van der Waals surface area contributed by atoms with Gasteiger partial charge in [-0.1, -0.05) is 49.6 Å². The number of likely N-dealkylation sites (tertiary alicyclic amines) is 1. The Balaban J connectivity index is 1.21. The molecule has 0 bridgehead atoms. The van der Waals surface area contributed by atoms with Gasteiger partial charge in [0.25, 0.3) is 0 Å². The SMILES string of the molecule is N#CC1(N2CC(CN[C@@H]3C[C@H]3c3ccccc3)C2)CCCCC1. The van der Waals surface area contributed by atoms with E-state index < -0.39 is 0 Å². The Kier molecular flexibility index (Phi) is 4.13. The molecule has 3 aliphatic rings. The van der Waals surface area contributed by atoms with Crippen molar-refractivity contribution < 1.29 is 0 Å². The topological polar surface area (TPSA) is 39.1 Å². The molecule has 0 radical (unpaired) electrons. The lowest BCUT2D eigenvalue weighted by Crippen LogP contribution is -2.61. The number of nitrogens with one attached hydrogen (secondary N) is 1. The number of nitriles is 1. The van der Waals surface area contributed by atoms with Crippen LogP contribution in [0.25, 0.3) is 0 Å². The summed E-state index contributed by atoms with van der Waals surface area (Å²) in [6, 6.07) is 14.2. The molecule has 4 rings (SSSR count). The zero-order valence-electron chi connectivity index (χ0n) is 13.9. The molecule has 2 atom stereocenters. The fraction of sp³-hybridized carbons (Fsp3) is 0.650. The van der Waals surface area contributed by atoms with Crippen LogP contribution >= 0.6 is 0 Å². The minimum Gasteiger partial charge on any atom is -0.313 e. The summed E-state index contributed by atoms with van der Waals surface area (Å²) >= 11 is 0. The van der Waals surface area contributed by atoms with Gasteiger partial charge in [-0.3, -0.25) is 4.90 Å². The third-order valence-corrected chi connectivity index (χ3v) is 6.14. The number of benzene rings is 1. The van der Waals surface area contributed by atoms with Crippen LogP contribution in [0.5, 0.6) is 0 Å². The van der Waals surface area contributed by atoms with Crippen LogP contribution in [-0.4, -0.2) is 36.1 Å². The molecule has 23 heavy (non-hydrogen) atoms. The second kappa shape index (κ2) is 6.26. The van der Waals surface area contributed by atoms with Gasteiger partial charge < -0.3 is 5.32 Å². The van der Waals surface area contributed by atoms with E-state index in [1.165, 1.54) is 31.2 Å². The average molecular weight is 309 g/mol. The van der Waals surface area contributed by atoms with Crippen molar-refractivity contribution in [2.75, 3.05) is 19.6 Å². The smallest absolute Gasteiger partial charge is 0.109 e. The van der Waals surface area contributed by atoms with E-state index in [9.17, 15) is 5.26 Å². The maximum absolute atomic E-state index is 9.64. The molecular weight excluding hydrogens is 282 g/mol. The minimum absolute atomic E-state index is 0.124. The van der Waals surface area contributed by atoms with Crippen LogP contribution < -0.4 is 5.32 Å². The van der Waals surface area contributed by atoms with Crippen molar-refractivity contribution in [1.82, 2.24) is 10.2 Å². The number of nitrogens with zero attached hydrogens (tertiary/aromatic N) is 2. The lowest BCUT2D eigenvalue weighted by Gasteiger charge is -2.50. The number of hydrogen-bond donors (Lipinski definition) is 1. The Morgan fingerprint density at radius 3 is 2.57 bits per heavy atom. The summed E-state index contributed by atoms with van der Waals surface area (Å²) in [4.78, 5) is 2.46. The van der Waals surface area contributed by atoms with Gasteiger partial charge in [0.15, 0.2) is 0 Å². The van der Waals surface area contributed by atoms with E-state index in [-0.39, 0.29) is 5.54 Å². The van der Waals surface area contributed by atoms with Crippen molar-refractivity contribution in [2.45, 2.75) is 56.0 Å². The molecule has 122 valence electrons. The minimum atomic E-state index is -0.124. The molecule has 1 N–H and O–H groups in total. The van der Waals surface area contributed by atoms with Crippen molar-refractivity contribution in [1.29, 1.82) is 5.26 Å².